The van der Waals surface area contributed by atoms with Gasteiger partial charge in [-0.2, -0.15) is 0 Å². The smallest absolute Gasteiger partial charge is 0.254 e. The van der Waals surface area contributed by atoms with Gasteiger partial charge in [0.05, 0.1) is 13.2 Å². The van der Waals surface area contributed by atoms with Crippen LogP contribution in [-0.2, 0) is 11.2 Å². The summed E-state index contributed by atoms with van der Waals surface area (Å²) in [6.07, 6.45) is 2.72. The number of amides is 2. The summed E-state index contributed by atoms with van der Waals surface area (Å²) in [5.74, 6) is 1.32. The molecular formula is C27H28N2O4S. The predicted octanol–water partition coefficient (Wildman–Crippen LogP) is 4.57. The lowest BCUT2D eigenvalue weighted by Crippen LogP contribution is -2.48. The Labute approximate surface area is 203 Å². The van der Waals surface area contributed by atoms with Crippen LogP contribution in [0.1, 0.15) is 39.7 Å². The number of ether oxygens (including phenoxy) is 2. The molecular weight excluding hydrogens is 448 g/mol. The molecule has 176 valence electrons. The molecule has 1 fully saturated rings. The molecule has 0 saturated heterocycles. The largest absolute Gasteiger partial charge is 0.497 e. The second-order valence-corrected chi connectivity index (χ2v) is 9.67. The van der Waals surface area contributed by atoms with E-state index in [9.17, 15) is 9.59 Å². The molecule has 34 heavy (non-hydrogen) atoms. The van der Waals surface area contributed by atoms with Gasteiger partial charge in [-0.05, 0) is 60.5 Å². The van der Waals surface area contributed by atoms with Crippen molar-refractivity contribution in [2.75, 3.05) is 26.8 Å². The van der Waals surface area contributed by atoms with E-state index < -0.39 is 0 Å². The molecule has 0 radical (unpaired) electrons. The van der Waals surface area contributed by atoms with E-state index >= 15 is 0 Å². The Morgan fingerprint density at radius 2 is 1.85 bits per heavy atom. The number of rotatable bonds is 8. The van der Waals surface area contributed by atoms with Gasteiger partial charge >= 0.3 is 0 Å². The lowest BCUT2D eigenvalue weighted by molar-refractivity contribution is -0.135. The quantitative estimate of drug-likeness (QED) is 0.478. The highest BCUT2D eigenvalue weighted by molar-refractivity contribution is 7.10. The molecule has 2 aromatic carbocycles. The lowest BCUT2D eigenvalue weighted by atomic mass is 10.0. The van der Waals surface area contributed by atoms with E-state index in [-0.39, 0.29) is 30.4 Å². The molecule has 1 aliphatic carbocycles. The fourth-order valence-corrected chi connectivity index (χ4v) is 5.40. The summed E-state index contributed by atoms with van der Waals surface area (Å²) < 4.78 is 11.4. The number of thiophene rings is 1. The topological polar surface area (TPSA) is 59.1 Å². The van der Waals surface area contributed by atoms with E-state index in [0.29, 0.717) is 24.5 Å². The van der Waals surface area contributed by atoms with Gasteiger partial charge in [0.15, 0.2) is 0 Å². The van der Waals surface area contributed by atoms with Crippen molar-refractivity contribution in [3.63, 3.8) is 0 Å². The summed E-state index contributed by atoms with van der Waals surface area (Å²) in [4.78, 5) is 31.7. The third kappa shape index (κ3) is 4.80. The van der Waals surface area contributed by atoms with Gasteiger partial charge in [-0.25, -0.2) is 0 Å². The van der Waals surface area contributed by atoms with Gasteiger partial charge in [-0.3, -0.25) is 9.59 Å². The van der Waals surface area contributed by atoms with E-state index in [4.69, 9.17) is 9.47 Å². The van der Waals surface area contributed by atoms with Crippen LogP contribution in [0.15, 0.2) is 66.0 Å². The molecule has 1 saturated carbocycles. The number of carbonyl (C=O) groups excluding carboxylic acids is 2. The maximum Gasteiger partial charge on any atom is 0.254 e. The van der Waals surface area contributed by atoms with E-state index in [1.807, 2.05) is 59.5 Å². The standard InChI is InChI=1S/C27H28N2O4S/c1-32-21-8-5-9-22(16-21)33-18-24-23-13-15-34-25(23)12-14-28(24)26(30)17-29(20-10-11-20)27(31)19-6-3-2-4-7-19/h2-9,13,15-16,20,24H,10-12,14,17-18H2,1H3. The van der Waals surface area contributed by atoms with Crippen LogP contribution in [-0.4, -0.2) is 54.5 Å². The van der Waals surface area contributed by atoms with Crippen molar-refractivity contribution in [3.05, 3.63) is 82.0 Å². The maximum absolute atomic E-state index is 13.6. The zero-order valence-electron chi connectivity index (χ0n) is 19.2. The van der Waals surface area contributed by atoms with Crippen LogP contribution >= 0.6 is 11.3 Å². The van der Waals surface area contributed by atoms with E-state index in [0.717, 1.165) is 30.6 Å². The molecule has 3 aromatic rings. The van der Waals surface area contributed by atoms with Gasteiger partial charge in [0.1, 0.15) is 24.7 Å². The Morgan fingerprint density at radius 1 is 1.06 bits per heavy atom. The van der Waals surface area contributed by atoms with E-state index in [1.165, 1.54) is 4.88 Å². The summed E-state index contributed by atoms with van der Waals surface area (Å²) in [5, 5.41) is 2.08. The normalized spacial score (nSPS) is 17.1. The third-order valence-corrected chi connectivity index (χ3v) is 7.44. The second kappa shape index (κ2) is 9.89. The van der Waals surface area contributed by atoms with Gasteiger partial charge in [0.2, 0.25) is 5.91 Å². The molecule has 7 heteroatoms. The minimum atomic E-state index is -0.193. The zero-order valence-corrected chi connectivity index (χ0v) is 20.0. The van der Waals surface area contributed by atoms with Crippen LogP contribution in [0.2, 0.25) is 0 Å². The summed E-state index contributed by atoms with van der Waals surface area (Å²) in [5.41, 5.74) is 1.76. The molecule has 1 aromatic heterocycles. The number of benzene rings is 2. The molecule has 6 nitrogen and oxygen atoms in total. The number of hydrogen-bond donors (Lipinski definition) is 0. The first kappa shape index (κ1) is 22.5. The Morgan fingerprint density at radius 3 is 2.62 bits per heavy atom. The van der Waals surface area contributed by atoms with Gasteiger partial charge < -0.3 is 19.3 Å². The van der Waals surface area contributed by atoms with Gasteiger partial charge in [-0.1, -0.05) is 24.3 Å². The molecule has 2 aliphatic rings. The molecule has 0 bridgehead atoms. The van der Waals surface area contributed by atoms with Crippen molar-refractivity contribution in [2.45, 2.75) is 31.3 Å². The van der Waals surface area contributed by atoms with E-state index in [1.54, 1.807) is 23.3 Å². The van der Waals surface area contributed by atoms with Crippen LogP contribution in [0.5, 0.6) is 11.5 Å². The van der Waals surface area contributed by atoms with Crippen LogP contribution in [0, 0.1) is 0 Å². The zero-order chi connectivity index (χ0) is 23.5. The fraction of sp³-hybridized carbons (Fsp3) is 0.333. The summed E-state index contributed by atoms with van der Waals surface area (Å²) in [7, 11) is 1.63. The number of fused-ring (bicyclic) bond motifs is 1. The van der Waals surface area contributed by atoms with Crippen molar-refractivity contribution >= 4 is 23.2 Å². The maximum atomic E-state index is 13.6. The van der Waals surface area contributed by atoms with Crippen molar-refractivity contribution in [2.24, 2.45) is 0 Å². The Balaban J connectivity index is 1.34. The average molecular weight is 477 g/mol. The number of hydrogen-bond acceptors (Lipinski definition) is 5. The average Bonchev–Trinajstić information content (AvgIpc) is 3.61. The second-order valence-electron chi connectivity index (χ2n) is 8.67. The van der Waals surface area contributed by atoms with Crippen LogP contribution in [0.25, 0.3) is 0 Å². The van der Waals surface area contributed by atoms with Gasteiger partial charge in [-0.15, -0.1) is 11.3 Å². The molecule has 1 atom stereocenters. The predicted molar refractivity (Wildman–Crippen MR) is 131 cm³/mol. The SMILES string of the molecule is COc1cccc(OCC2c3ccsc3CCN2C(=O)CN(C(=O)c2ccccc2)C2CC2)c1. The Hall–Kier alpha value is -3.32. The molecule has 0 N–H and O–H groups in total. The number of methoxy groups -OCH3 is 1. The third-order valence-electron chi connectivity index (χ3n) is 6.44. The Bertz CT molecular complexity index is 1160. The van der Waals surface area contributed by atoms with Gasteiger partial charge in [0, 0.05) is 29.1 Å². The molecule has 1 unspecified atom stereocenters. The molecule has 2 heterocycles. The van der Waals surface area contributed by atoms with Crippen molar-refractivity contribution in [1.29, 1.82) is 0 Å². The first-order valence-electron chi connectivity index (χ1n) is 11.6. The highest BCUT2D eigenvalue weighted by Crippen LogP contribution is 2.35. The molecule has 0 spiro atoms. The van der Waals surface area contributed by atoms with Crippen LogP contribution < -0.4 is 9.47 Å². The number of nitrogens with zero attached hydrogens (tertiary/aromatic N) is 2. The monoisotopic (exact) mass is 476 g/mol. The van der Waals surface area contributed by atoms with Crippen molar-refractivity contribution < 1.29 is 19.1 Å². The van der Waals surface area contributed by atoms with Crippen LogP contribution in [0.4, 0.5) is 0 Å². The first-order valence-corrected chi connectivity index (χ1v) is 12.5. The molecule has 2 amide bonds. The van der Waals surface area contributed by atoms with Crippen LogP contribution in [0.3, 0.4) is 0 Å². The van der Waals surface area contributed by atoms with Crippen molar-refractivity contribution in [3.8, 4) is 11.5 Å². The summed E-state index contributed by atoms with van der Waals surface area (Å²) in [6.45, 7) is 1.06. The van der Waals surface area contributed by atoms with Crippen molar-refractivity contribution in [1.82, 2.24) is 9.80 Å². The minimum Gasteiger partial charge on any atom is -0.497 e. The minimum absolute atomic E-state index is 0.0349. The first-order chi connectivity index (χ1) is 16.6. The highest BCUT2D eigenvalue weighted by Gasteiger charge is 2.38. The number of carbonyl (C=O) groups is 2. The summed E-state index contributed by atoms with van der Waals surface area (Å²) >= 11 is 1.72. The fourth-order valence-electron chi connectivity index (χ4n) is 4.48. The van der Waals surface area contributed by atoms with E-state index in [2.05, 4.69) is 11.4 Å². The Kier molecular flexibility index (Phi) is 6.54. The van der Waals surface area contributed by atoms with Gasteiger partial charge in [0.25, 0.3) is 5.91 Å². The summed E-state index contributed by atoms with van der Waals surface area (Å²) in [6, 6.07) is 18.8. The molecule has 5 rings (SSSR count). The molecule has 1 aliphatic heterocycles. The lowest BCUT2D eigenvalue weighted by Gasteiger charge is -2.37. The highest BCUT2D eigenvalue weighted by atomic mass is 32.1.